The summed E-state index contributed by atoms with van der Waals surface area (Å²) in [6.07, 6.45) is 0.934. The Morgan fingerprint density at radius 2 is 2.00 bits per heavy atom. The molecule has 1 aromatic heterocycles. The summed E-state index contributed by atoms with van der Waals surface area (Å²) in [4.78, 5) is 11.1. The Balaban J connectivity index is 2.25. The van der Waals surface area contributed by atoms with Gasteiger partial charge in [0.25, 0.3) is 0 Å². The smallest absolute Gasteiger partial charge is 0.163 e. The maximum Gasteiger partial charge on any atom is 0.163 e. The summed E-state index contributed by atoms with van der Waals surface area (Å²) in [7, 11) is 3.70. The Hall–Kier alpha value is -2.18. The Morgan fingerprint density at radius 1 is 1.24 bits per heavy atom. The highest BCUT2D eigenvalue weighted by Crippen LogP contribution is 2.21. The minimum Gasteiger partial charge on any atom is -0.385 e. The summed E-state index contributed by atoms with van der Waals surface area (Å²) >= 11 is 0. The van der Waals surface area contributed by atoms with Crippen molar-refractivity contribution in [3.63, 3.8) is 0 Å². The third-order valence-corrected chi connectivity index (χ3v) is 3.13. The van der Waals surface area contributed by atoms with Crippen molar-refractivity contribution in [1.29, 1.82) is 0 Å². The molecule has 0 bridgehead atoms. The SMILES string of the molecule is COCCCN(C)c1cc(NN)nc(-c2ccccc2)n1. The summed E-state index contributed by atoms with van der Waals surface area (Å²) < 4.78 is 5.07. The molecule has 2 aromatic rings. The van der Waals surface area contributed by atoms with Gasteiger partial charge >= 0.3 is 0 Å². The fourth-order valence-electron chi connectivity index (χ4n) is 1.98. The Kier molecular flexibility index (Phi) is 5.48. The van der Waals surface area contributed by atoms with Crippen LogP contribution in [0.5, 0.6) is 0 Å². The molecule has 0 unspecified atom stereocenters. The summed E-state index contributed by atoms with van der Waals surface area (Å²) in [6, 6.07) is 11.7. The van der Waals surface area contributed by atoms with Gasteiger partial charge in [0.05, 0.1) is 0 Å². The number of nitrogens with zero attached hydrogens (tertiary/aromatic N) is 3. The first-order chi connectivity index (χ1) is 10.2. The molecule has 21 heavy (non-hydrogen) atoms. The van der Waals surface area contributed by atoms with E-state index in [1.54, 1.807) is 7.11 Å². The Bertz CT molecular complexity index is 561. The third kappa shape index (κ3) is 4.14. The summed E-state index contributed by atoms with van der Waals surface area (Å²) in [5, 5.41) is 0. The summed E-state index contributed by atoms with van der Waals surface area (Å²) in [6.45, 7) is 1.58. The number of methoxy groups -OCH3 is 1. The minimum absolute atomic E-state index is 0.595. The van der Waals surface area contributed by atoms with Gasteiger partial charge in [0.1, 0.15) is 11.6 Å². The molecule has 0 amide bonds. The molecule has 0 fully saturated rings. The van der Waals surface area contributed by atoms with E-state index >= 15 is 0 Å². The first-order valence-electron chi connectivity index (χ1n) is 6.86. The topological polar surface area (TPSA) is 76.3 Å². The van der Waals surface area contributed by atoms with Crippen LogP contribution in [0.3, 0.4) is 0 Å². The number of nitrogens with one attached hydrogen (secondary N) is 1. The van der Waals surface area contributed by atoms with Crippen LogP contribution >= 0.6 is 0 Å². The van der Waals surface area contributed by atoms with Crippen molar-refractivity contribution < 1.29 is 4.74 Å². The summed E-state index contributed by atoms with van der Waals surface area (Å²) in [5.74, 6) is 7.58. The van der Waals surface area contributed by atoms with Crippen molar-refractivity contribution in [1.82, 2.24) is 9.97 Å². The zero-order valence-electron chi connectivity index (χ0n) is 12.4. The van der Waals surface area contributed by atoms with Crippen LogP contribution in [0, 0.1) is 0 Å². The van der Waals surface area contributed by atoms with Crippen LogP contribution in [-0.2, 0) is 4.74 Å². The van der Waals surface area contributed by atoms with Gasteiger partial charge in [-0.2, -0.15) is 0 Å². The molecule has 0 aliphatic rings. The number of hydrogen-bond acceptors (Lipinski definition) is 6. The van der Waals surface area contributed by atoms with E-state index in [1.165, 1.54) is 0 Å². The van der Waals surface area contributed by atoms with Gasteiger partial charge < -0.3 is 15.1 Å². The monoisotopic (exact) mass is 287 g/mol. The van der Waals surface area contributed by atoms with E-state index in [9.17, 15) is 0 Å². The first kappa shape index (κ1) is 15.2. The predicted octanol–water partition coefficient (Wildman–Crippen LogP) is 1.90. The number of rotatable bonds is 7. The van der Waals surface area contributed by atoms with Gasteiger partial charge in [-0.1, -0.05) is 30.3 Å². The van der Waals surface area contributed by atoms with E-state index in [2.05, 4.69) is 20.3 Å². The normalized spacial score (nSPS) is 10.4. The van der Waals surface area contributed by atoms with Gasteiger partial charge in [-0.05, 0) is 6.42 Å². The molecule has 112 valence electrons. The zero-order valence-corrected chi connectivity index (χ0v) is 12.4. The molecule has 0 aliphatic carbocycles. The second kappa shape index (κ2) is 7.56. The molecule has 0 aliphatic heterocycles. The van der Waals surface area contributed by atoms with Gasteiger partial charge in [-0.15, -0.1) is 0 Å². The van der Waals surface area contributed by atoms with Crippen LogP contribution in [0.1, 0.15) is 6.42 Å². The molecule has 1 heterocycles. The van der Waals surface area contributed by atoms with Crippen LogP contribution < -0.4 is 16.2 Å². The zero-order chi connectivity index (χ0) is 15.1. The molecule has 3 N–H and O–H groups in total. The first-order valence-corrected chi connectivity index (χ1v) is 6.86. The van der Waals surface area contributed by atoms with Crippen LogP contribution in [0.15, 0.2) is 36.4 Å². The highest BCUT2D eigenvalue weighted by molar-refractivity contribution is 5.61. The largest absolute Gasteiger partial charge is 0.385 e. The van der Waals surface area contributed by atoms with Gasteiger partial charge in [-0.3, -0.25) is 0 Å². The number of benzene rings is 1. The number of aromatic nitrogens is 2. The molecule has 2 rings (SSSR count). The van der Waals surface area contributed by atoms with E-state index in [0.29, 0.717) is 11.6 Å². The molecule has 0 atom stereocenters. The average Bonchev–Trinajstić information content (AvgIpc) is 2.55. The van der Waals surface area contributed by atoms with Crippen molar-refractivity contribution >= 4 is 11.6 Å². The van der Waals surface area contributed by atoms with Crippen molar-refractivity contribution in [2.45, 2.75) is 6.42 Å². The third-order valence-electron chi connectivity index (χ3n) is 3.13. The average molecular weight is 287 g/mol. The highest BCUT2D eigenvalue weighted by atomic mass is 16.5. The maximum atomic E-state index is 5.51. The van der Waals surface area contributed by atoms with E-state index < -0.39 is 0 Å². The number of nitrogen functional groups attached to an aromatic ring is 1. The molecule has 0 radical (unpaired) electrons. The lowest BCUT2D eigenvalue weighted by atomic mass is 10.2. The number of anilines is 2. The minimum atomic E-state index is 0.595. The van der Waals surface area contributed by atoms with Gasteiger partial charge in [0.2, 0.25) is 0 Å². The maximum absolute atomic E-state index is 5.51. The molecular weight excluding hydrogens is 266 g/mol. The van der Waals surface area contributed by atoms with E-state index in [1.807, 2.05) is 43.4 Å². The number of ether oxygens (including phenoxy) is 1. The van der Waals surface area contributed by atoms with Gasteiger partial charge in [-0.25, -0.2) is 15.8 Å². The van der Waals surface area contributed by atoms with Crippen LogP contribution in [0.2, 0.25) is 0 Å². The lowest BCUT2D eigenvalue weighted by Gasteiger charge is -2.19. The number of hydrazine groups is 1. The van der Waals surface area contributed by atoms with Crippen molar-refractivity contribution in [3.05, 3.63) is 36.4 Å². The lowest BCUT2D eigenvalue weighted by Crippen LogP contribution is -2.22. The predicted molar refractivity (Wildman–Crippen MR) is 85.0 cm³/mol. The second-order valence-electron chi connectivity index (χ2n) is 4.71. The quantitative estimate of drug-likeness (QED) is 0.460. The van der Waals surface area contributed by atoms with Gasteiger partial charge in [0, 0.05) is 38.9 Å². The molecule has 1 aromatic carbocycles. The standard InChI is InChI=1S/C15H21N5O/c1-20(9-6-10-21-2)14-11-13(19-16)17-15(18-14)12-7-4-3-5-8-12/h3-5,7-8,11H,6,9-10,16H2,1-2H3,(H,17,18,19). The second-order valence-corrected chi connectivity index (χ2v) is 4.71. The number of nitrogens with two attached hydrogens (primary N) is 1. The van der Waals surface area contributed by atoms with Crippen LogP contribution in [-0.4, -0.2) is 37.3 Å². The fourth-order valence-corrected chi connectivity index (χ4v) is 1.98. The van der Waals surface area contributed by atoms with E-state index in [4.69, 9.17) is 10.6 Å². The van der Waals surface area contributed by atoms with Crippen molar-refractivity contribution in [3.8, 4) is 11.4 Å². The Morgan fingerprint density at radius 3 is 2.67 bits per heavy atom. The number of hydrogen-bond donors (Lipinski definition) is 2. The molecular formula is C15H21N5O. The fraction of sp³-hybridized carbons (Fsp3) is 0.333. The Labute approximate surface area is 124 Å². The van der Waals surface area contributed by atoms with Gasteiger partial charge in [0.15, 0.2) is 5.82 Å². The lowest BCUT2D eigenvalue weighted by molar-refractivity contribution is 0.196. The molecule has 0 spiro atoms. The molecule has 6 heteroatoms. The molecule has 0 saturated carbocycles. The van der Waals surface area contributed by atoms with Crippen molar-refractivity contribution in [2.24, 2.45) is 5.84 Å². The van der Waals surface area contributed by atoms with E-state index in [-0.39, 0.29) is 0 Å². The summed E-state index contributed by atoms with van der Waals surface area (Å²) in [5.41, 5.74) is 3.56. The molecule has 0 saturated heterocycles. The van der Waals surface area contributed by atoms with Crippen molar-refractivity contribution in [2.75, 3.05) is 37.6 Å². The van der Waals surface area contributed by atoms with Crippen LogP contribution in [0.4, 0.5) is 11.6 Å². The van der Waals surface area contributed by atoms with E-state index in [0.717, 1.165) is 31.0 Å². The molecule has 6 nitrogen and oxygen atoms in total. The van der Waals surface area contributed by atoms with Crippen LogP contribution in [0.25, 0.3) is 11.4 Å². The highest BCUT2D eigenvalue weighted by Gasteiger charge is 2.09.